The van der Waals surface area contributed by atoms with Crippen molar-refractivity contribution in [3.63, 3.8) is 0 Å². The minimum atomic E-state index is 1.14. The lowest BCUT2D eigenvalue weighted by Crippen LogP contribution is -2.09. The van der Waals surface area contributed by atoms with Crippen LogP contribution in [-0.2, 0) is 0 Å². The number of nitrogens with zero attached hydrogens (tertiary/aromatic N) is 1. The Morgan fingerprint density at radius 2 is 0.674 bits per heavy atom. The van der Waals surface area contributed by atoms with Crippen LogP contribution in [0.1, 0.15) is 38.9 Å². The molecule has 0 unspecified atom stereocenters. The Balaban J connectivity index is 1.30. The van der Waals surface area contributed by atoms with E-state index < -0.39 is 0 Å². The number of aryl methyl sites for hydroxylation is 4. The Morgan fingerprint density at radius 1 is 0.372 bits per heavy atom. The molecule has 6 rings (SSSR count). The zero-order valence-corrected chi connectivity index (χ0v) is 25.4. The fourth-order valence-electron chi connectivity index (χ4n) is 5.38. The highest BCUT2D eigenvalue weighted by Crippen LogP contribution is 2.36. The molecule has 0 saturated carbocycles. The minimum Gasteiger partial charge on any atom is -0.311 e. The second kappa shape index (κ2) is 12.4. The van der Waals surface area contributed by atoms with E-state index in [4.69, 9.17) is 0 Å². The van der Waals surface area contributed by atoms with Gasteiger partial charge in [0.15, 0.2) is 0 Å². The summed E-state index contributed by atoms with van der Waals surface area (Å²) in [5.74, 6) is 0. The van der Waals surface area contributed by atoms with Gasteiger partial charge in [0.25, 0.3) is 0 Å². The van der Waals surface area contributed by atoms with E-state index in [1.54, 1.807) is 0 Å². The molecule has 210 valence electrons. The van der Waals surface area contributed by atoms with Crippen LogP contribution in [-0.4, -0.2) is 0 Å². The first-order chi connectivity index (χ1) is 20.9. The van der Waals surface area contributed by atoms with Crippen LogP contribution >= 0.6 is 0 Å². The molecule has 0 aliphatic carbocycles. The van der Waals surface area contributed by atoms with Gasteiger partial charge in [-0.1, -0.05) is 131 Å². The summed E-state index contributed by atoms with van der Waals surface area (Å²) in [6.07, 6.45) is 2.29. The number of anilines is 3. The first-order valence-corrected chi connectivity index (χ1v) is 14.9. The maximum absolute atomic E-state index is 2.31. The molecule has 0 aliphatic heterocycles. The van der Waals surface area contributed by atoms with Gasteiger partial charge in [-0.2, -0.15) is 0 Å². The number of hydrogen-bond acceptors (Lipinski definition) is 1. The third-order valence-electron chi connectivity index (χ3n) is 7.99. The summed E-state index contributed by atoms with van der Waals surface area (Å²) in [6.45, 7) is 8.52. The molecular weight excluding hydrogens is 518 g/mol. The highest BCUT2D eigenvalue weighted by atomic mass is 15.1. The first kappa shape index (κ1) is 28.0. The summed E-state index contributed by atoms with van der Waals surface area (Å²) < 4.78 is 0. The first-order valence-electron chi connectivity index (χ1n) is 14.9. The van der Waals surface area contributed by atoms with E-state index >= 15 is 0 Å². The van der Waals surface area contributed by atoms with Crippen molar-refractivity contribution in [1.82, 2.24) is 0 Å². The molecule has 0 aliphatic rings. The molecule has 0 heterocycles. The van der Waals surface area contributed by atoms with Crippen LogP contribution in [0.5, 0.6) is 0 Å². The van der Waals surface area contributed by atoms with Gasteiger partial charge >= 0.3 is 0 Å². The lowest BCUT2D eigenvalue weighted by atomic mass is 9.94. The van der Waals surface area contributed by atoms with Gasteiger partial charge in [0.2, 0.25) is 0 Å². The Labute approximate surface area is 256 Å². The standard InChI is InChI=1S/C42H37N/c1-30-5-15-37(16-6-30)42(38-17-7-31(2)8-18-38)29-34-13-19-35(20-14-34)36-21-27-41(28-22-36)43(39-23-9-32(3)10-24-39)40-25-11-33(4)12-26-40/h5-29H,1-4H3. The van der Waals surface area contributed by atoms with Crippen molar-refractivity contribution in [2.45, 2.75) is 27.7 Å². The van der Waals surface area contributed by atoms with E-state index in [1.807, 2.05) is 0 Å². The molecule has 1 heteroatoms. The molecule has 0 saturated heterocycles. The van der Waals surface area contributed by atoms with E-state index in [9.17, 15) is 0 Å². The maximum Gasteiger partial charge on any atom is 0.0462 e. The summed E-state index contributed by atoms with van der Waals surface area (Å²) in [5.41, 5.74) is 15.7. The van der Waals surface area contributed by atoms with Crippen LogP contribution in [0.4, 0.5) is 17.1 Å². The third kappa shape index (κ3) is 6.52. The SMILES string of the molecule is Cc1ccc(C(=Cc2ccc(-c3ccc(N(c4ccc(C)cc4)c4ccc(C)cc4)cc3)cc2)c2ccc(C)cc2)cc1. The number of benzene rings is 6. The molecule has 0 N–H and O–H groups in total. The van der Waals surface area contributed by atoms with Crippen molar-refractivity contribution >= 4 is 28.7 Å². The van der Waals surface area contributed by atoms with Crippen LogP contribution in [0.3, 0.4) is 0 Å². The van der Waals surface area contributed by atoms with Crippen LogP contribution in [0.15, 0.2) is 146 Å². The Morgan fingerprint density at radius 3 is 1.05 bits per heavy atom. The third-order valence-corrected chi connectivity index (χ3v) is 7.99. The van der Waals surface area contributed by atoms with Gasteiger partial charge in [0, 0.05) is 17.1 Å². The highest BCUT2D eigenvalue weighted by Gasteiger charge is 2.13. The summed E-state index contributed by atoms with van der Waals surface area (Å²) in [6, 6.07) is 52.8. The average Bonchev–Trinajstić information content (AvgIpc) is 3.04. The van der Waals surface area contributed by atoms with E-state index in [-0.39, 0.29) is 0 Å². The van der Waals surface area contributed by atoms with E-state index in [0.717, 1.165) is 17.1 Å². The van der Waals surface area contributed by atoms with Crippen LogP contribution in [0.25, 0.3) is 22.8 Å². The van der Waals surface area contributed by atoms with Gasteiger partial charge in [0.05, 0.1) is 0 Å². The van der Waals surface area contributed by atoms with Crippen LogP contribution < -0.4 is 4.90 Å². The summed E-state index contributed by atoms with van der Waals surface area (Å²) in [4.78, 5) is 2.31. The molecule has 0 amide bonds. The van der Waals surface area contributed by atoms with Crippen LogP contribution in [0.2, 0.25) is 0 Å². The predicted octanol–water partition coefficient (Wildman–Crippen LogP) is 11.6. The molecule has 0 atom stereocenters. The van der Waals surface area contributed by atoms with E-state index in [0.29, 0.717) is 0 Å². The average molecular weight is 556 g/mol. The van der Waals surface area contributed by atoms with Crippen molar-refractivity contribution < 1.29 is 0 Å². The van der Waals surface area contributed by atoms with Crippen molar-refractivity contribution in [2.24, 2.45) is 0 Å². The molecule has 0 radical (unpaired) electrons. The predicted molar refractivity (Wildman–Crippen MR) is 185 cm³/mol. The zero-order chi connectivity index (χ0) is 29.8. The van der Waals surface area contributed by atoms with Crippen molar-refractivity contribution in [2.75, 3.05) is 4.90 Å². The maximum atomic E-state index is 2.31. The molecule has 0 spiro atoms. The number of hydrogen-bond donors (Lipinski definition) is 0. The monoisotopic (exact) mass is 555 g/mol. The summed E-state index contributed by atoms with van der Waals surface area (Å²) in [5, 5.41) is 0. The van der Waals surface area contributed by atoms with Crippen LogP contribution in [0, 0.1) is 27.7 Å². The molecule has 6 aromatic carbocycles. The van der Waals surface area contributed by atoms with Gasteiger partial charge in [-0.3, -0.25) is 0 Å². The van der Waals surface area contributed by atoms with Gasteiger partial charge in [-0.05, 0) is 104 Å². The normalized spacial score (nSPS) is 10.8. The highest BCUT2D eigenvalue weighted by molar-refractivity contribution is 5.91. The quantitative estimate of drug-likeness (QED) is 0.177. The molecule has 1 nitrogen and oxygen atoms in total. The second-order valence-electron chi connectivity index (χ2n) is 11.5. The van der Waals surface area contributed by atoms with Crippen molar-refractivity contribution in [3.8, 4) is 11.1 Å². The topological polar surface area (TPSA) is 3.24 Å². The molecule has 43 heavy (non-hydrogen) atoms. The fraction of sp³-hybridized carbons (Fsp3) is 0.0952. The lowest BCUT2D eigenvalue weighted by Gasteiger charge is -2.26. The van der Waals surface area contributed by atoms with Crippen molar-refractivity contribution in [1.29, 1.82) is 0 Å². The Kier molecular flexibility index (Phi) is 8.07. The fourth-order valence-corrected chi connectivity index (χ4v) is 5.38. The van der Waals surface area contributed by atoms with Gasteiger partial charge < -0.3 is 4.90 Å². The molecule has 0 bridgehead atoms. The summed E-state index contributed by atoms with van der Waals surface area (Å²) >= 11 is 0. The molecular formula is C42H37N. The molecule has 6 aromatic rings. The minimum absolute atomic E-state index is 1.14. The largest absolute Gasteiger partial charge is 0.311 e. The Bertz CT molecular complexity index is 1730. The van der Waals surface area contributed by atoms with Gasteiger partial charge in [-0.25, -0.2) is 0 Å². The van der Waals surface area contributed by atoms with E-state index in [2.05, 4.69) is 184 Å². The van der Waals surface area contributed by atoms with Gasteiger partial charge in [-0.15, -0.1) is 0 Å². The Hall–Kier alpha value is -5.14. The van der Waals surface area contributed by atoms with Gasteiger partial charge in [0.1, 0.15) is 0 Å². The molecule has 0 aromatic heterocycles. The smallest absolute Gasteiger partial charge is 0.0462 e. The van der Waals surface area contributed by atoms with Crippen molar-refractivity contribution in [3.05, 3.63) is 185 Å². The second-order valence-corrected chi connectivity index (χ2v) is 11.5. The lowest BCUT2D eigenvalue weighted by molar-refractivity contribution is 1.27. The number of rotatable bonds is 7. The zero-order valence-electron chi connectivity index (χ0n) is 25.4. The van der Waals surface area contributed by atoms with E-state index in [1.165, 1.54) is 55.6 Å². The summed E-state index contributed by atoms with van der Waals surface area (Å²) in [7, 11) is 0. The molecule has 0 fully saturated rings.